The summed E-state index contributed by atoms with van der Waals surface area (Å²) in [5.41, 5.74) is 1.22. The van der Waals surface area contributed by atoms with Crippen LogP contribution < -0.4 is 14.8 Å². The van der Waals surface area contributed by atoms with Crippen LogP contribution in [0.4, 0.5) is 4.39 Å². The molecule has 0 fully saturated rings. The Bertz CT molecular complexity index is 607. The van der Waals surface area contributed by atoms with Gasteiger partial charge in [-0.2, -0.15) is 4.98 Å². The van der Waals surface area contributed by atoms with E-state index in [9.17, 15) is 4.39 Å². The third-order valence-electron chi connectivity index (χ3n) is 3.21. The third kappa shape index (κ3) is 3.46. The summed E-state index contributed by atoms with van der Waals surface area (Å²) in [6, 6.07) is 6.46. The van der Waals surface area contributed by atoms with Gasteiger partial charge in [0, 0.05) is 0 Å². The van der Waals surface area contributed by atoms with E-state index in [-0.39, 0.29) is 11.9 Å². The Hall–Kier alpha value is -2.21. The SMILES string of the molecule is CNC(Cc1ccccc1F)c1ncc(OC)nc1OC. The van der Waals surface area contributed by atoms with Crippen LogP contribution >= 0.6 is 0 Å². The number of nitrogens with one attached hydrogen (secondary N) is 1. The lowest BCUT2D eigenvalue weighted by molar-refractivity contribution is 0.350. The van der Waals surface area contributed by atoms with Crippen molar-refractivity contribution in [3.8, 4) is 11.8 Å². The molecule has 0 saturated heterocycles. The van der Waals surface area contributed by atoms with Crippen molar-refractivity contribution in [2.45, 2.75) is 12.5 Å². The van der Waals surface area contributed by atoms with Crippen LogP contribution in [0, 0.1) is 5.82 Å². The molecule has 1 aromatic heterocycles. The Morgan fingerprint density at radius 2 is 2.00 bits per heavy atom. The number of halogens is 1. The van der Waals surface area contributed by atoms with Crippen LogP contribution in [-0.2, 0) is 6.42 Å². The van der Waals surface area contributed by atoms with E-state index in [0.29, 0.717) is 29.4 Å². The molecule has 0 bridgehead atoms. The molecule has 0 amide bonds. The van der Waals surface area contributed by atoms with Gasteiger partial charge in [0.05, 0.1) is 26.5 Å². The number of rotatable bonds is 6. The molecule has 1 N–H and O–H groups in total. The van der Waals surface area contributed by atoms with Gasteiger partial charge in [0.25, 0.3) is 0 Å². The first-order valence-electron chi connectivity index (χ1n) is 6.55. The molecule has 6 heteroatoms. The summed E-state index contributed by atoms with van der Waals surface area (Å²) in [6.45, 7) is 0. The van der Waals surface area contributed by atoms with Crippen LogP contribution in [-0.4, -0.2) is 31.2 Å². The quantitative estimate of drug-likeness (QED) is 0.883. The van der Waals surface area contributed by atoms with Crippen molar-refractivity contribution in [1.82, 2.24) is 15.3 Å². The average molecular weight is 291 g/mol. The molecule has 21 heavy (non-hydrogen) atoms. The maximum absolute atomic E-state index is 13.8. The minimum Gasteiger partial charge on any atom is -0.480 e. The van der Waals surface area contributed by atoms with Crippen molar-refractivity contribution in [1.29, 1.82) is 0 Å². The number of nitrogens with zero attached hydrogens (tertiary/aromatic N) is 2. The predicted octanol–water partition coefficient (Wildman–Crippen LogP) is 2.14. The molecule has 1 atom stereocenters. The standard InChI is InChI=1S/C15H18FN3O2/c1-17-12(8-10-6-4-5-7-11(10)16)14-15(21-3)19-13(20-2)9-18-14/h4-7,9,12,17H,8H2,1-3H3. The summed E-state index contributed by atoms with van der Waals surface area (Å²) in [5.74, 6) is 0.500. The fraction of sp³-hybridized carbons (Fsp3) is 0.333. The van der Waals surface area contributed by atoms with E-state index < -0.39 is 0 Å². The number of hydrogen-bond acceptors (Lipinski definition) is 5. The summed E-state index contributed by atoms with van der Waals surface area (Å²) in [6.07, 6.45) is 1.96. The van der Waals surface area contributed by atoms with Crippen molar-refractivity contribution >= 4 is 0 Å². The van der Waals surface area contributed by atoms with E-state index >= 15 is 0 Å². The second-order valence-corrected chi connectivity index (χ2v) is 4.44. The van der Waals surface area contributed by atoms with Gasteiger partial charge in [0.2, 0.25) is 11.8 Å². The second kappa shape index (κ2) is 6.99. The summed E-state index contributed by atoms with van der Waals surface area (Å²) >= 11 is 0. The van der Waals surface area contributed by atoms with Gasteiger partial charge in [-0.05, 0) is 25.1 Å². The molecule has 1 heterocycles. The molecule has 0 aliphatic rings. The highest BCUT2D eigenvalue weighted by molar-refractivity contribution is 5.28. The van der Waals surface area contributed by atoms with Crippen molar-refractivity contribution in [2.24, 2.45) is 0 Å². The zero-order valence-corrected chi connectivity index (χ0v) is 12.3. The zero-order chi connectivity index (χ0) is 15.2. The largest absolute Gasteiger partial charge is 0.480 e. The van der Waals surface area contributed by atoms with Gasteiger partial charge in [0.1, 0.15) is 11.5 Å². The van der Waals surface area contributed by atoms with Crippen LogP contribution in [0.2, 0.25) is 0 Å². The van der Waals surface area contributed by atoms with E-state index in [1.54, 1.807) is 19.2 Å². The highest BCUT2D eigenvalue weighted by Gasteiger charge is 2.20. The number of aromatic nitrogens is 2. The van der Waals surface area contributed by atoms with Gasteiger partial charge < -0.3 is 14.8 Å². The lowest BCUT2D eigenvalue weighted by atomic mass is 10.0. The maximum Gasteiger partial charge on any atom is 0.240 e. The zero-order valence-electron chi connectivity index (χ0n) is 12.3. The number of benzene rings is 1. The van der Waals surface area contributed by atoms with Gasteiger partial charge in [-0.15, -0.1) is 0 Å². The Kier molecular flexibility index (Phi) is 5.05. The fourth-order valence-electron chi connectivity index (χ4n) is 2.07. The first-order chi connectivity index (χ1) is 10.2. The Morgan fingerprint density at radius 3 is 2.62 bits per heavy atom. The second-order valence-electron chi connectivity index (χ2n) is 4.44. The summed E-state index contributed by atoms with van der Waals surface area (Å²) in [5, 5.41) is 3.12. The van der Waals surface area contributed by atoms with Gasteiger partial charge in [-0.1, -0.05) is 18.2 Å². The van der Waals surface area contributed by atoms with Crippen LogP contribution in [0.5, 0.6) is 11.8 Å². The lowest BCUT2D eigenvalue weighted by Crippen LogP contribution is -2.21. The molecule has 0 spiro atoms. The Balaban J connectivity index is 2.31. The van der Waals surface area contributed by atoms with Gasteiger partial charge in [0.15, 0.2) is 0 Å². The minimum atomic E-state index is -0.238. The first-order valence-corrected chi connectivity index (χ1v) is 6.55. The van der Waals surface area contributed by atoms with Crippen LogP contribution in [0.3, 0.4) is 0 Å². The molecule has 1 unspecified atom stereocenters. The molecule has 2 rings (SSSR count). The highest BCUT2D eigenvalue weighted by Crippen LogP contribution is 2.26. The number of methoxy groups -OCH3 is 2. The summed E-state index contributed by atoms with van der Waals surface area (Å²) < 4.78 is 24.1. The van der Waals surface area contributed by atoms with Gasteiger partial charge in [-0.25, -0.2) is 9.37 Å². The maximum atomic E-state index is 13.8. The lowest BCUT2D eigenvalue weighted by Gasteiger charge is -2.18. The topological polar surface area (TPSA) is 56.3 Å². The molecular formula is C15H18FN3O2. The van der Waals surface area contributed by atoms with Crippen molar-refractivity contribution in [2.75, 3.05) is 21.3 Å². The molecule has 2 aromatic rings. The molecule has 0 aliphatic heterocycles. The summed E-state index contributed by atoms with van der Waals surface area (Å²) in [4.78, 5) is 8.52. The highest BCUT2D eigenvalue weighted by atomic mass is 19.1. The van der Waals surface area contributed by atoms with E-state index in [0.717, 1.165) is 0 Å². The number of ether oxygens (including phenoxy) is 2. The molecule has 5 nitrogen and oxygen atoms in total. The van der Waals surface area contributed by atoms with Crippen LogP contribution in [0.15, 0.2) is 30.5 Å². The van der Waals surface area contributed by atoms with Gasteiger partial charge >= 0.3 is 0 Å². The summed E-state index contributed by atoms with van der Waals surface area (Å²) in [7, 11) is 4.82. The van der Waals surface area contributed by atoms with E-state index in [2.05, 4.69) is 15.3 Å². The monoisotopic (exact) mass is 291 g/mol. The average Bonchev–Trinajstić information content (AvgIpc) is 2.53. The van der Waals surface area contributed by atoms with E-state index in [1.807, 2.05) is 6.07 Å². The molecule has 112 valence electrons. The van der Waals surface area contributed by atoms with Crippen molar-refractivity contribution in [3.05, 3.63) is 47.5 Å². The van der Waals surface area contributed by atoms with Crippen LogP contribution in [0.25, 0.3) is 0 Å². The van der Waals surface area contributed by atoms with Crippen molar-refractivity contribution < 1.29 is 13.9 Å². The Morgan fingerprint density at radius 1 is 1.24 bits per heavy atom. The van der Waals surface area contributed by atoms with Crippen LogP contribution in [0.1, 0.15) is 17.3 Å². The van der Waals surface area contributed by atoms with E-state index in [4.69, 9.17) is 9.47 Å². The van der Waals surface area contributed by atoms with Crippen molar-refractivity contribution in [3.63, 3.8) is 0 Å². The Labute approximate surface area is 123 Å². The van der Waals surface area contributed by atoms with E-state index in [1.165, 1.54) is 26.5 Å². The first kappa shape index (κ1) is 15.2. The molecule has 0 radical (unpaired) electrons. The smallest absolute Gasteiger partial charge is 0.240 e. The third-order valence-corrected chi connectivity index (χ3v) is 3.21. The number of hydrogen-bond donors (Lipinski definition) is 1. The molecule has 0 saturated carbocycles. The normalized spacial score (nSPS) is 12.0. The molecular weight excluding hydrogens is 273 g/mol. The predicted molar refractivity (Wildman–Crippen MR) is 77.0 cm³/mol. The van der Waals surface area contributed by atoms with Gasteiger partial charge in [-0.3, -0.25) is 0 Å². The molecule has 1 aromatic carbocycles. The molecule has 0 aliphatic carbocycles. The fourth-order valence-corrected chi connectivity index (χ4v) is 2.07. The number of likely N-dealkylation sites (N-methyl/N-ethyl adjacent to an activating group) is 1. The minimum absolute atomic E-state index is 0.213.